The molecule has 0 aromatic carbocycles. The molecule has 4 aliphatic rings. The number of allylic oxidation sites excluding steroid dienone is 3. The first-order valence-corrected chi connectivity index (χ1v) is 18.4. The summed E-state index contributed by atoms with van der Waals surface area (Å²) < 4.78 is 10.9. The van der Waals surface area contributed by atoms with Crippen molar-refractivity contribution in [3.05, 3.63) is 56.5 Å². The Kier molecular flexibility index (Phi) is 6.75. The maximum atomic E-state index is 2.35. The van der Waals surface area contributed by atoms with Crippen molar-refractivity contribution >= 4 is 115 Å². The van der Waals surface area contributed by atoms with Gasteiger partial charge in [0.1, 0.15) is 0 Å². The molecule has 0 nitrogen and oxygen atoms in total. The fourth-order valence-electron chi connectivity index (χ4n) is 1.86. The van der Waals surface area contributed by atoms with Gasteiger partial charge in [0.25, 0.3) is 0 Å². The molecule has 0 radical (unpaired) electrons. The van der Waals surface area contributed by atoms with Gasteiger partial charge in [-0.1, -0.05) is 0 Å². The van der Waals surface area contributed by atoms with E-state index in [1.807, 2.05) is 47.0 Å². The average Bonchev–Trinajstić information content (AvgIpc) is 3.27. The average molecular weight is 608 g/mol. The number of thioether (sulfide) groups is 6. The van der Waals surface area contributed by atoms with E-state index in [0.717, 1.165) is 0 Å². The molecule has 23 heavy (non-hydrogen) atoms. The topological polar surface area (TPSA) is 0 Å². The molecule has 4 heterocycles. The molecule has 0 amide bonds. The minimum atomic E-state index is 0.566. The summed E-state index contributed by atoms with van der Waals surface area (Å²) in [5.74, 6) is 4.69. The van der Waals surface area contributed by atoms with E-state index >= 15 is 0 Å². The van der Waals surface area contributed by atoms with Crippen LogP contribution in [0.1, 0.15) is 0 Å². The molecule has 0 atom stereocenters. The monoisotopic (exact) mass is 610 g/mol. The van der Waals surface area contributed by atoms with Crippen LogP contribution in [-0.2, 0) is 0 Å². The molecule has 4 rings (SSSR count). The Bertz CT molecular complexity index is 690. The van der Waals surface area contributed by atoms with E-state index < -0.39 is 0 Å². The first-order valence-electron chi connectivity index (χ1n) is 6.39. The second-order valence-corrected chi connectivity index (χ2v) is 18.0. The number of rotatable bonds is 2. The van der Waals surface area contributed by atoms with Gasteiger partial charge in [0.05, 0.1) is 0 Å². The van der Waals surface area contributed by atoms with Crippen molar-refractivity contribution in [1.29, 1.82) is 0 Å². The fourth-order valence-corrected chi connectivity index (χ4v) is 18.4. The molecule has 0 saturated carbocycles. The van der Waals surface area contributed by atoms with Crippen LogP contribution in [0, 0.1) is 0 Å². The van der Waals surface area contributed by atoms with Crippen LogP contribution < -0.4 is 0 Å². The third kappa shape index (κ3) is 4.02. The Hall–Kier alpha value is 2.10. The van der Waals surface area contributed by atoms with Crippen LogP contribution in [0.15, 0.2) is 56.5 Å². The molecule has 0 aromatic heterocycles. The van der Waals surface area contributed by atoms with E-state index in [-0.39, 0.29) is 0 Å². The van der Waals surface area contributed by atoms with Gasteiger partial charge < -0.3 is 0 Å². The van der Waals surface area contributed by atoms with Gasteiger partial charge in [-0.3, -0.25) is 0 Å². The molecular formula is C14H10S6Se3. The normalized spacial score (nSPS) is 23.9. The van der Waals surface area contributed by atoms with Crippen molar-refractivity contribution in [2.24, 2.45) is 0 Å². The van der Waals surface area contributed by atoms with Crippen LogP contribution in [0.2, 0.25) is 11.6 Å². The zero-order chi connectivity index (χ0) is 15.8. The molecule has 0 bridgehead atoms. The number of hydrogen-bond donors (Lipinski definition) is 0. The van der Waals surface area contributed by atoms with Gasteiger partial charge >= 0.3 is 184 Å². The summed E-state index contributed by atoms with van der Waals surface area (Å²) in [7, 11) is 0. The van der Waals surface area contributed by atoms with Crippen LogP contribution in [0.4, 0.5) is 0 Å². The fraction of sp³-hybridized carbons (Fsp3) is 0.143. The summed E-state index contributed by atoms with van der Waals surface area (Å²) >= 11 is 13.9. The Labute approximate surface area is 181 Å². The molecule has 4 aliphatic heterocycles. The third-order valence-corrected chi connectivity index (χ3v) is 18.9. The van der Waals surface area contributed by atoms with Gasteiger partial charge in [0.15, 0.2) is 0 Å². The Morgan fingerprint density at radius 2 is 1.09 bits per heavy atom. The van der Waals surface area contributed by atoms with Crippen molar-refractivity contribution in [1.82, 2.24) is 0 Å². The molecule has 0 fully saturated rings. The second-order valence-electron chi connectivity index (χ2n) is 4.23. The van der Waals surface area contributed by atoms with E-state index in [1.165, 1.54) is 22.5 Å². The summed E-state index contributed by atoms with van der Waals surface area (Å²) in [4.78, 5) is 4.63. The van der Waals surface area contributed by atoms with E-state index in [9.17, 15) is 0 Å². The predicted octanol–water partition coefficient (Wildman–Crippen LogP) is 6.27. The van der Waals surface area contributed by atoms with E-state index in [2.05, 4.69) is 57.3 Å². The number of hydrogen-bond acceptors (Lipinski definition) is 6. The molecule has 120 valence electrons. The van der Waals surface area contributed by atoms with Gasteiger partial charge in [-0.15, -0.1) is 0 Å². The van der Waals surface area contributed by atoms with Crippen molar-refractivity contribution in [2.75, 3.05) is 0 Å². The molecule has 0 saturated heterocycles. The van der Waals surface area contributed by atoms with Crippen LogP contribution >= 0.6 is 70.6 Å². The SMILES string of the molecule is C[Se]C1=C([Se]C)SC(=C2SC3=C(SC(=C4C=C[Se]C=C4)S3)S2)S1. The van der Waals surface area contributed by atoms with Crippen LogP contribution in [-0.4, -0.2) is 44.9 Å². The molecule has 0 N–H and O–H groups in total. The van der Waals surface area contributed by atoms with Gasteiger partial charge in [-0.25, -0.2) is 0 Å². The van der Waals surface area contributed by atoms with Crippen molar-refractivity contribution in [3.8, 4) is 0 Å². The first kappa shape index (κ1) is 18.5. The van der Waals surface area contributed by atoms with E-state index in [1.54, 1.807) is 11.8 Å². The zero-order valence-corrected chi connectivity index (χ0v) is 22.0. The van der Waals surface area contributed by atoms with Crippen LogP contribution in [0.25, 0.3) is 0 Å². The molecule has 9 heteroatoms. The second kappa shape index (κ2) is 8.41. The van der Waals surface area contributed by atoms with Gasteiger partial charge in [0.2, 0.25) is 0 Å². The quantitative estimate of drug-likeness (QED) is 0.338. The predicted molar refractivity (Wildman–Crippen MR) is 121 cm³/mol. The van der Waals surface area contributed by atoms with Gasteiger partial charge in [0, 0.05) is 0 Å². The molecule has 0 spiro atoms. The summed E-state index contributed by atoms with van der Waals surface area (Å²) in [5.41, 5.74) is 1.40. The Morgan fingerprint density at radius 1 is 0.652 bits per heavy atom. The molecule has 0 aromatic rings. The van der Waals surface area contributed by atoms with Crippen molar-refractivity contribution in [2.45, 2.75) is 11.6 Å². The summed E-state index contributed by atoms with van der Waals surface area (Å²) in [6.07, 6.45) is 4.59. The van der Waals surface area contributed by atoms with E-state index in [0.29, 0.717) is 44.9 Å². The summed E-state index contributed by atoms with van der Waals surface area (Å²) in [6, 6.07) is 0. The van der Waals surface area contributed by atoms with E-state index in [4.69, 9.17) is 0 Å². The van der Waals surface area contributed by atoms with Crippen LogP contribution in [0.3, 0.4) is 0 Å². The maximum absolute atomic E-state index is 2.35. The minimum absolute atomic E-state index is 0.566. The van der Waals surface area contributed by atoms with Gasteiger partial charge in [-0.2, -0.15) is 0 Å². The Morgan fingerprint density at radius 3 is 1.57 bits per heavy atom. The molecule has 0 aliphatic carbocycles. The summed E-state index contributed by atoms with van der Waals surface area (Å²) in [5, 5.41) is 0. The van der Waals surface area contributed by atoms with Crippen molar-refractivity contribution < 1.29 is 0 Å². The standard InChI is InChI=1S/C14H10S6Se3/c1-21-13-14(22-2)20-12(19-13)11-17-9-10(18-11)16-8(15-9)7-3-5-23-6-4-7/h3-6H,1-2H3. The Balaban J connectivity index is 1.48. The third-order valence-electron chi connectivity index (χ3n) is 2.87. The molecular weight excluding hydrogens is 597 g/mol. The summed E-state index contributed by atoms with van der Waals surface area (Å²) in [6.45, 7) is 0. The van der Waals surface area contributed by atoms with Crippen LogP contribution in [0.5, 0.6) is 0 Å². The van der Waals surface area contributed by atoms with Crippen molar-refractivity contribution in [3.63, 3.8) is 0 Å². The first-order chi connectivity index (χ1) is 11.3. The van der Waals surface area contributed by atoms with Gasteiger partial charge in [-0.05, 0) is 0 Å². The zero-order valence-electron chi connectivity index (χ0n) is 12.0. The molecule has 0 unspecified atom stereocenters.